The van der Waals surface area contributed by atoms with Crippen molar-refractivity contribution in [1.82, 2.24) is 0 Å². The Morgan fingerprint density at radius 1 is 0.968 bits per heavy atom. The second kappa shape index (κ2) is 7.92. The number of non-ortho nitro benzene ring substituents is 2. The van der Waals surface area contributed by atoms with Crippen LogP contribution in [0.2, 0.25) is 5.02 Å². The first-order chi connectivity index (χ1) is 14.8. The lowest BCUT2D eigenvalue weighted by molar-refractivity contribution is -0.385. The van der Waals surface area contributed by atoms with E-state index >= 15 is 0 Å². The third-order valence-electron chi connectivity index (χ3n) is 5.54. The fourth-order valence-corrected chi connectivity index (χ4v) is 4.46. The smallest absolute Gasteiger partial charge is 0.271 e. The highest BCUT2D eigenvalue weighted by molar-refractivity contribution is 6.34. The third kappa shape index (κ3) is 3.68. The van der Waals surface area contributed by atoms with E-state index in [-0.39, 0.29) is 40.2 Å². The molecule has 2 aliphatic rings. The molecule has 10 heteroatoms. The molecule has 0 N–H and O–H groups in total. The fourth-order valence-electron chi connectivity index (χ4n) is 4.20. The number of hydrogen-bond donors (Lipinski definition) is 0. The predicted octanol–water partition coefficient (Wildman–Crippen LogP) is 4.68. The van der Waals surface area contributed by atoms with Gasteiger partial charge in [0.15, 0.2) is 5.78 Å². The normalized spacial score (nSPS) is 18.7. The van der Waals surface area contributed by atoms with Gasteiger partial charge >= 0.3 is 0 Å². The summed E-state index contributed by atoms with van der Waals surface area (Å²) in [6.07, 6.45) is 1.25. The third-order valence-corrected chi connectivity index (χ3v) is 5.84. The number of carbonyl (C=O) groups is 2. The van der Waals surface area contributed by atoms with Gasteiger partial charge in [-0.15, -0.1) is 0 Å². The molecular formula is C21H16ClN3O6. The van der Waals surface area contributed by atoms with E-state index in [0.717, 1.165) is 0 Å². The summed E-state index contributed by atoms with van der Waals surface area (Å²) in [5.74, 6) is -1.04. The molecule has 0 aromatic heterocycles. The maximum Gasteiger partial charge on any atom is 0.271 e. The number of allylic oxidation sites excluding steroid dienone is 2. The van der Waals surface area contributed by atoms with E-state index in [1.165, 1.54) is 41.3 Å². The number of anilines is 1. The van der Waals surface area contributed by atoms with Gasteiger partial charge in [0.25, 0.3) is 11.4 Å². The summed E-state index contributed by atoms with van der Waals surface area (Å²) in [6.45, 7) is 0. The number of nitro benzene ring substituents is 2. The van der Waals surface area contributed by atoms with Crippen LogP contribution in [-0.4, -0.2) is 21.5 Å². The van der Waals surface area contributed by atoms with E-state index in [1.807, 2.05) is 0 Å². The van der Waals surface area contributed by atoms with Crippen molar-refractivity contribution in [3.8, 4) is 0 Å². The summed E-state index contributed by atoms with van der Waals surface area (Å²) >= 11 is 6.27. The van der Waals surface area contributed by atoms with E-state index in [4.69, 9.17) is 11.6 Å². The molecule has 1 heterocycles. The molecule has 0 saturated heterocycles. The van der Waals surface area contributed by atoms with Gasteiger partial charge in [0, 0.05) is 54.3 Å². The minimum Gasteiger partial charge on any atom is -0.294 e. The van der Waals surface area contributed by atoms with Crippen LogP contribution in [-0.2, 0) is 9.59 Å². The number of halogens is 1. The molecule has 1 aliphatic heterocycles. The number of nitro groups is 2. The molecule has 4 rings (SSSR count). The molecule has 2 aromatic rings. The zero-order valence-electron chi connectivity index (χ0n) is 16.1. The standard InChI is InChI=1S/C21H16ClN3O6/c22-16-10-14(25(30)31)7-8-17(16)23-18-5-2-6-19(26)21(18)15(11-20(23)27)12-3-1-4-13(9-12)24(28)29/h1,3-4,7-10,15H,2,5-6,11H2. The van der Waals surface area contributed by atoms with Crippen LogP contribution >= 0.6 is 11.6 Å². The van der Waals surface area contributed by atoms with Gasteiger partial charge < -0.3 is 0 Å². The molecule has 1 atom stereocenters. The van der Waals surface area contributed by atoms with Gasteiger partial charge in [-0.1, -0.05) is 23.7 Å². The second-order valence-corrected chi connectivity index (χ2v) is 7.78. The molecule has 0 fully saturated rings. The van der Waals surface area contributed by atoms with Crippen LogP contribution in [0.4, 0.5) is 17.1 Å². The van der Waals surface area contributed by atoms with Crippen LogP contribution < -0.4 is 4.90 Å². The Kier molecular flexibility index (Phi) is 5.28. The SMILES string of the molecule is O=C1CCCC2=C1C(c1cccc([N+](=O)[O-])c1)CC(=O)N2c1ccc([N+](=O)[O-])cc1Cl. The average molecular weight is 442 g/mol. The molecule has 158 valence electrons. The molecule has 1 amide bonds. The van der Waals surface area contributed by atoms with Crippen molar-refractivity contribution in [3.05, 3.63) is 84.5 Å². The van der Waals surface area contributed by atoms with Gasteiger partial charge in [0.05, 0.1) is 20.6 Å². The summed E-state index contributed by atoms with van der Waals surface area (Å²) < 4.78 is 0. The number of hydrogen-bond acceptors (Lipinski definition) is 6. The Labute approximate surface area is 181 Å². The number of amides is 1. The van der Waals surface area contributed by atoms with Gasteiger partial charge in [-0.2, -0.15) is 0 Å². The lowest BCUT2D eigenvalue weighted by Crippen LogP contribution is -2.40. The Balaban J connectivity index is 1.85. The highest BCUT2D eigenvalue weighted by Crippen LogP contribution is 2.45. The number of nitrogens with zero attached hydrogens (tertiary/aromatic N) is 3. The first-order valence-electron chi connectivity index (χ1n) is 9.55. The summed E-state index contributed by atoms with van der Waals surface area (Å²) in [5, 5.41) is 22.2. The Morgan fingerprint density at radius 2 is 1.68 bits per heavy atom. The molecule has 31 heavy (non-hydrogen) atoms. The van der Waals surface area contributed by atoms with Crippen LogP contribution in [0.5, 0.6) is 0 Å². The number of Topliss-reactive ketones (excluding diaryl/α,β-unsaturated/α-hetero) is 1. The van der Waals surface area contributed by atoms with Gasteiger partial charge in [-0.25, -0.2) is 0 Å². The lowest BCUT2D eigenvalue weighted by atomic mass is 9.77. The number of ketones is 1. The summed E-state index contributed by atoms with van der Waals surface area (Å²) in [6, 6.07) is 9.77. The number of carbonyl (C=O) groups excluding carboxylic acids is 2. The van der Waals surface area contributed by atoms with Crippen molar-refractivity contribution in [2.75, 3.05) is 4.90 Å². The second-order valence-electron chi connectivity index (χ2n) is 7.37. The highest BCUT2D eigenvalue weighted by atomic mass is 35.5. The van der Waals surface area contributed by atoms with Crippen molar-refractivity contribution in [3.63, 3.8) is 0 Å². The lowest BCUT2D eigenvalue weighted by Gasteiger charge is -2.38. The van der Waals surface area contributed by atoms with Crippen LogP contribution in [0, 0.1) is 20.2 Å². The Morgan fingerprint density at radius 3 is 2.35 bits per heavy atom. The highest BCUT2D eigenvalue weighted by Gasteiger charge is 2.40. The first-order valence-corrected chi connectivity index (χ1v) is 9.93. The molecular weight excluding hydrogens is 426 g/mol. The van der Waals surface area contributed by atoms with Crippen LogP contribution in [0.15, 0.2) is 53.7 Å². The van der Waals surface area contributed by atoms with E-state index in [1.54, 1.807) is 6.07 Å². The van der Waals surface area contributed by atoms with Crippen molar-refractivity contribution >= 4 is 40.4 Å². The minimum atomic E-state index is -0.594. The number of rotatable bonds is 4. The average Bonchev–Trinajstić information content (AvgIpc) is 2.74. The zero-order chi connectivity index (χ0) is 22.3. The van der Waals surface area contributed by atoms with Gasteiger partial charge in [-0.3, -0.25) is 34.7 Å². The Bertz CT molecular complexity index is 1180. The molecule has 1 unspecified atom stereocenters. The molecule has 0 bridgehead atoms. The van der Waals surface area contributed by atoms with Crippen LogP contribution in [0.1, 0.15) is 37.2 Å². The van der Waals surface area contributed by atoms with Crippen molar-refractivity contribution < 1.29 is 19.4 Å². The topological polar surface area (TPSA) is 124 Å². The van der Waals surface area contributed by atoms with Gasteiger partial charge in [0.2, 0.25) is 5.91 Å². The maximum atomic E-state index is 13.2. The van der Waals surface area contributed by atoms with E-state index in [0.29, 0.717) is 36.1 Å². The molecule has 2 aromatic carbocycles. The summed E-state index contributed by atoms with van der Waals surface area (Å²) in [5.41, 5.74) is 1.43. The largest absolute Gasteiger partial charge is 0.294 e. The molecule has 0 spiro atoms. The summed E-state index contributed by atoms with van der Waals surface area (Å²) in [4.78, 5) is 48.5. The molecule has 1 aliphatic carbocycles. The van der Waals surface area contributed by atoms with Crippen molar-refractivity contribution in [2.45, 2.75) is 31.6 Å². The van der Waals surface area contributed by atoms with Gasteiger partial charge in [0.1, 0.15) is 0 Å². The van der Waals surface area contributed by atoms with E-state index in [2.05, 4.69) is 0 Å². The van der Waals surface area contributed by atoms with Gasteiger partial charge in [-0.05, 0) is 24.5 Å². The van der Waals surface area contributed by atoms with Crippen LogP contribution in [0.3, 0.4) is 0 Å². The predicted molar refractivity (Wildman–Crippen MR) is 112 cm³/mol. The van der Waals surface area contributed by atoms with Crippen molar-refractivity contribution in [2.24, 2.45) is 0 Å². The molecule has 0 saturated carbocycles. The minimum absolute atomic E-state index is 0.0289. The quantitative estimate of drug-likeness (QED) is 0.501. The zero-order valence-corrected chi connectivity index (χ0v) is 16.9. The Hall–Kier alpha value is -3.59. The fraction of sp³-hybridized carbons (Fsp3) is 0.238. The number of benzene rings is 2. The molecule has 9 nitrogen and oxygen atoms in total. The monoisotopic (exact) mass is 441 g/mol. The summed E-state index contributed by atoms with van der Waals surface area (Å²) in [7, 11) is 0. The van der Waals surface area contributed by atoms with Crippen LogP contribution in [0.25, 0.3) is 0 Å². The van der Waals surface area contributed by atoms with E-state index in [9.17, 15) is 29.8 Å². The first kappa shape index (κ1) is 20.7. The van der Waals surface area contributed by atoms with E-state index < -0.39 is 15.8 Å². The molecule has 0 radical (unpaired) electrons. The van der Waals surface area contributed by atoms with Crippen molar-refractivity contribution in [1.29, 1.82) is 0 Å². The maximum absolute atomic E-state index is 13.2.